The van der Waals surface area contributed by atoms with Crippen LogP contribution in [-0.4, -0.2) is 16.2 Å². The molecule has 1 aromatic heterocycles. The van der Waals surface area contributed by atoms with Crippen LogP contribution in [0.4, 0.5) is 4.39 Å². The van der Waals surface area contributed by atoms with E-state index in [9.17, 15) is 9.18 Å². The molecule has 0 radical (unpaired) electrons. The number of fused-ring (bicyclic) bond motifs is 1. The Morgan fingerprint density at radius 3 is 3.00 bits per heavy atom. The van der Waals surface area contributed by atoms with Gasteiger partial charge in [0.2, 0.25) is 0 Å². The Kier molecular flexibility index (Phi) is 3.19. The van der Waals surface area contributed by atoms with Gasteiger partial charge >= 0.3 is 0 Å². The topological polar surface area (TPSA) is 34.9 Å². The zero-order chi connectivity index (χ0) is 11.5. The van der Waals surface area contributed by atoms with Crippen molar-refractivity contribution < 1.29 is 4.39 Å². The van der Waals surface area contributed by atoms with Crippen LogP contribution in [0.1, 0.15) is 6.42 Å². The van der Waals surface area contributed by atoms with E-state index in [2.05, 4.69) is 4.98 Å². The first-order chi connectivity index (χ1) is 7.74. The van der Waals surface area contributed by atoms with Crippen molar-refractivity contribution in [3.8, 4) is 0 Å². The highest BCUT2D eigenvalue weighted by molar-refractivity contribution is 6.35. The van der Waals surface area contributed by atoms with Gasteiger partial charge in [0.1, 0.15) is 0 Å². The third kappa shape index (κ3) is 1.93. The molecule has 1 aromatic carbocycles. The van der Waals surface area contributed by atoms with E-state index < -0.39 is 6.67 Å². The molecule has 0 unspecified atom stereocenters. The lowest BCUT2D eigenvalue weighted by atomic mass is 10.2. The van der Waals surface area contributed by atoms with Gasteiger partial charge in [0.05, 0.1) is 28.9 Å². The van der Waals surface area contributed by atoms with Crippen LogP contribution in [0.25, 0.3) is 10.9 Å². The molecule has 0 N–H and O–H groups in total. The van der Waals surface area contributed by atoms with Gasteiger partial charge in [-0.2, -0.15) is 0 Å². The average molecular weight is 241 g/mol. The number of hydrogen-bond donors (Lipinski definition) is 0. The second-order valence-corrected chi connectivity index (χ2v) is 3.83. The number of benzene rings is 1. The smallest absolute Gasteiger partial charge is 0.262 e. The van der Waals surface area contributed by atoms with Gasteiger partial charge in [0.15, 0.2) is 0 Å². The summed E-state index contributed by atoms with van der Waals surface area (Å²) in [5.41, 5.74) is 0.345. The van der Waals surface area contributed by atoms with Gasteiger partial charge in [-0.1, -0.05) is 17.7 Å². The molecule has 0 bridgehead atoms. The van der Waals surface area contributed by atoms with Crippen molar-refractivity contribution in [1.29, 1.82) is 0 Å². The first kappa shape index (κ1) is 11.1. The first-order valence-electron chi connectivity index (χ1n) is 4.93. The van der Waals surface area contributed by atoms with Crippen molar-refractivity contribution in [2.45, 2.75) is 13.0 Å². The maximum atomic E-state index is 12.0. The lowest BCUT2D eigenvalue weighted by molar-refractivity contribution is 0.443. The first-order valence-corrected chi connectivity index (χ1v) is 5.31. The normalized spacial score (nSPS) is 10.9. The van der Waals surface area contributed by atoms with Crippen LogP contribution in [0.5, 0.6) is 0 Å². The van der Waals surface area contributed by atoms with Gasteiger partial charge in [0.25, 0.3) is 5.56 Å². The number of hydrogen-bond acceptors (Lipinski definition) is 2. The number of rotatable bonds is 3. The lowest BCUT2D eigenvalue weighted by Gasteiger charge is -2.05. The molecule has 0 aliphatic carbocycles. The van der Waals surface area contributed by atoms with Crippen LogP contribution < -0.4 is 5.56 Å². The summed E-state index contributed by atoms with van der Waals surface area (Å²) >= 11 is 5.94. The number of aromatic nitrogens is 2. The highest BCUT2D eigenvalue weighted by atomic mass is 35.5. The minimum atomic E-state index is -0.451. The summed E-state index contributed by atoms with van der Waals surface area (Å²) in [5.74, 6) is 0. The fraction of sp³-hybridized carbons (Fsp3) is 0.273. The predicted molar refractivity (Wildman–Crippen MR) is 61.6 cm³/mol. The minimum absolute atomic E-state index is 0.218. The van der Waals surface area contributed by atoms with Crippen molar-refractivity contribution in [3.63, 3.8) is 0 Å². The minimum Gasteiger partial charge on any atom is -0.299 e. The number of nitrogens with zero attached hydrogens (tertiary/aromatic N) is 2. The monoisotopic (exact) mass is 240 g/mol. The highest BCUT2D eigenvalue weighted by Gasteiger charge is 2.06. The van der Waals surface area contributed by atoms with E-state index in [0.717, 1.165) is 0 Å². The van der Waals surface area contributed by atoms with Crippen LogP contribution in [0.3, 0.4) is 0 Å². The Morgan fingerprint density at radius 1 is 1.44 bits per heavy atom. The van der Waals surface area contributed by atoms with Crippen molar-refractivity contribution in [2.24, 2.45) is 0 Å². The van der Waals surface area contributed by atoms with E-state index in [4.69, 9.17) is 11.6 Å². The summed E-state index contributed by atoms with van der Waals surface area (Å²) in [6.07, 6.45) is 1.73. The molecule has 0 saturated carbocycles. The molecule has 3 nitrogen and oxygen atoms in total. The summed E-state index contributed by atoms with van der Waals surface area (Å²) in [4.78, 5) is 16.1. The van der Waals surface area contributed by atoms with Crippen LogP contribution >= 0.6 is 11.6 Å². The largest absolute Gasteiger partial charge is 0.299 e. The number of aryl methyl sites for hydroxylation is 1. The van der Waals surface area contributed by atoms with Gasteiger partial charge in [-0.3, -0.25) is 13.8 Å². The van der Waals surface area contributed by atoms with E-state index >= 15 is 0 Å². The molecule has 16 heavy (non-hydrogen) atoms. The van der Waals surface area contributed by atoms with Gasteiger partial charge < -0.3 is 0 Å². The van der Waals surface area contributed by atoms with Gasteiger partial charge in [0, 0.05) is 6.54 Å². The van der Waals surface area contributed by atoms with Gasteiger partial charge in [-0.15, -0.1) is 0 Å². The Morgan fingerprint density at radius 2 is 2.25 bits per heavy atom. The van der Waals surface area contributed by atoms with Crippen molar-refractivity contribution in [1.82, 2.24) is 9.55 Å². The molecular formula is C11H10ClFN2O. The SMILES string of the molecule is O=c1c2c(Cl)cccc2ncn1CCCF. The molecule has 1 heterocycles. The summed E-state index contributed by atoms with van der Waals surface area (Å²) in [6, 6.07) is 5.11. The maximum Gasteiger partial charge on any atom is 0.262 e. The Balaban J connectivity index is 2.60. The molecule has 0 aliphatic heterocycles. The second-order valence-electron chi connectivity index (χ2n) is 3.42. The maximum absolute atomic E-state index is 12.0. The molecule has 0 aliphatic rings. The molecule has 0 amide bonds. The number of alkyl halides is 1. The predicted octanol–water partition coefficient (Wildman–Crippen LogP) is 2.41. The van der Waals surface area contributed by atoms with E-state index in [-0.39, 0.29) is 5.56 Å². The third-order valence-electron chi connectivity index (χ3n) is 2.34. The summed E-state index contributed by atoms with van der Waals surface area (Å²) < 4.78 is 13.4. The molecule has 2 aromatic rings. The molecule has 84 valence electrons. The van der Waals surface area contributed by atoms with E-state index in [1.807, 2.05) is 0 Å². The summed E-state index contributed by atoms with van der Waals surface area (Å²) in [5, 5.41) is 0.773. The van der Waals surface area contributed by atoms with E-state index in [1.54, 1.807) is 18.2 Å². The molecular weight excluding hydrogens is 231 g/mol. The van der Waals surface area contributed by atoms with Crippen LogP contribution in [0.15, 0.2) is 29.3 Å². The van der Waals surface area contributed by atoms with Crippen LogP contribution in [0.2, 0.25) is 5.02 Å². The number of halogens is 2. The molecule has 0 atom stereocenters. The zero-order valence-electron chi connectivity index (χ0n) is 8.49. The van der Waals surface area contributed by atoms with Crippen molar-refractivity contribution >= 4 is 22.5 Å². The molecule has 0 saturated heterocycles. The average Bonchev–Trinajstić information content (AvgIpc) is 2.28. The van der Waals surface area contributed by atoms with Crippen LogP contribution in [0, 0.1) is 0 Å². The Bertz CT molecular complexity index is 567. The Hall–Kier alpha value is -1.42. The molecule has 5 heteroatoms. The zero-order valence-corrected chi connectivity index (χ0v) is 9.25. The van der Waals surface area contributed by atoms with Gasteiger partial charge in [-0.25, -0.2) is 4.98 Å². The van der Waals surface area contributed by atoms with Crippen molar-refractivity contribution in [3.05, 3.63) is 39.9 Å². The van der Waals surface area contributed by atoms with E-state index in [0.29, 0.717) is 28.9 Å². The quantitative estimate of drug-likeness (QED) is 0.826. The fourth-order valence-corrected chi connectivity index (χ4v) is 1.80. The summed E-state index contributed by atoms with van der Waals surface area (Å²) in [7, 11) is 0. The Labute approximate surface area is 96.5 Å². The standard InChI is InChI=1S/C11H10ClFN2O/c12-8-3-1-4-9-10(8)11(16)15(7-14-9)6-2-5-13/h1,3-4,7H,2,5-6H2. The molecule has 0 spiro atoms. The van der Waals surface area contributed by atoms with Crippen molar-refractivity contribution in [2.75, 3.05) is 6.67 Å². The second kappa shape index (κ2) is 4.61. The van der Waals surface area contributed by atoms with Crippen LogP contribution in [-0.2, 0) is 6.54 Å². The van der Waals surface area contributed by atoms with Gasteiger partial charge in [-0.05, 0) is 18.6 Å². The van der Waals surface area contributed by atoms with E-state index in [1.165, 1.54) is 10.9 Å². The summed E-state index contributed by atoms with van der Waals surface area (Å²) in [6.45, 7) is -0.128. The third-order valence-corrected chi connectivity index (χ3v) is 2.65. The molecule has 2 rings (SSSR count). The highest BCUT2D eigenvalue weighted by Crippen LogP contribution is 2.17. The fourth-order valence-electron chi connectivity index (χ4n) is 1.55. The lowest BCUT2D eigenvalue weighted by Crippen LogP contribution is -2.21. The molecule has 0 fully saturated rings.